The molecule has 0 spiro atoms. The molecule has 0 aliphatic rings. The lowest BCUT2D eigenvalue weighted by atomic mass is 10.2. The molecular formula is C16H15BrN2O4. The number of nitrogens with zero attached hydrogens (tertiary/aromatic N) is 1. The van der Waals surface area contributed by atoms with E-state index in [9.17, 15) is 9.59 Å². The number of rotatable bonds is 5. The fraction of sp³-hybridized carbons (Fsp3) is 0.188. The van der Waals surface area contributed by atoms with Crippen molar-refractivity contribution in [3.63, 3.8) is 0 Å². The van der Waals surface area contributed by atoms with Crippen molar-refractivity contribution in [3.05, 3.63) is 58.3 Å². The van der Waals surface area contributed by atoms with Gasteiger partial charge in [-0.15, -0.1) is 0 Å². The van der Waals surface area contributed by atoms with Gasteiger partial charge in [0.15, 0.2) is 0 Å². The molecule has 0 aliphatic carbocycles. The number of hydrogen-bond acceptors (Lipinski definition) is 5. The summed E-state index contributed by atoms with van der Waals surface area (Å²) in [7, 11) is 0. The Morgan fingerprint density at radius 3 is 2.65 bits per heavy atom. The first-order valence-corrected chi connectivity index (χ1v) is 7.70. The van der Waals surface area contributed by atoms with Crippen molar-refractivity contribution >= 4 is 33.7 Å². The van der Waals surface area contributed by atoms with Crippen LogP contribution < -0.4 is 5.32 Å². The summed E-state index contributed by atoms with van der Waals surface area (Å²) in [6.45, 7) is 2.07. The lowest BCUT2D eigenvalue weighted by Crippen LogP contribution is -2.17. The quantitative estimate of drug-likeness (QED) is 0.632. The molecule has 6 nitrogen and oxygen atoms in total. The van der Waals surface area contributed by atoms with Crippen LogP contribution in [0, 0.1) is 0 Å². The first-order chi connectivity index (χ1) is 11.1. The number of benzene rings is 1. The van der Waals surface area contributed by atoms with Crippen molar-refractivity contribution in [2.24, 2.45) is 0 Å². The minimum Gasteiger partial charge on any atom is -0.462 e. The van der Waals surface area contributed by atoms with Gasteiger partial charge in [0.25, 0.3) is 0 Å². The Bertz CT molecular complexity index is 692. The van der Waals surface area contributed by atoms with Crippen molar-refractivity contribution in [1.29, 1.82) is 0 Å². The van der Waals surface area contributed by atoms with E-state index >= 15 is 0 Å². The van der Waals surface area contributed by atoms with Crippen LogP contribution in [0.15, 0.2) is 47.2 Å². The Labute approximate surface area is 142 Å². The predicted octanol–water partition coefficient (Wildman–Crippen LogP) is 3.77. The third kappa shape index (κ3) is 5.07. The van der Waals surface area contributed by atoms with Gasteiger partial charge < -0.3 is 9.47 Å². The van der Waals surface area contributed by atoms with E-state index < -0.39 is 12.1 Å². The van der Waals surface area contributed by atoms with E-state index in [4.69, 9.17) is 9.47 Å². The van der Waals surface area contributed by atoms with Crippen molar-refractivity contribution in [3.8, 4) is 0 Å². The molecule has 1 amide bonds. The van der Waals surface area contributed by atoms with E-state index in [0.717, 1.165) is 5.56 Å². The van der Waals surface area contributed by atoms with E-state index in [-0.39, 0.29) is 24.5 Å². The van der Waals surface area contributed by atoms with Crippen LogP contribution in [0.1, 0.15) is 22.8 Å². The molecule has 120 valence electrons. The fourth-order valence-electron chi connectivity index (χ4n) is 1.78. The average Bonchev–Trinajstić information content (AvgIpc) is 2.56. The van der Waals surface area contributed by atoms with Gasteiger partial charge in [-0.25, -0.2) is 14.6 Å². The van der Waals surface area contributed by atoms with E-state index in [1.807, 2.05) is 30.3 Å². The summed E-state index contributed by atoms with van der Waals surface area (Å²) in [5.74, 6) is -0.547. The van der Waals surface area contributed by atoms with Crippen LogP contribution in [0.2, 0.25) is 0 Å². The standard InChI is InChI=1S/C16H15BrN2O4/c1-2-22-15(20)12-8-14(17)18-9-13(12)19-16(21)23-10-11-6-4-3-5-7-11/h3-9H,2,10H2,1H3,(H,19,21). The zero-order valence-corrected chi connectivity index (χ0v) is 14.0. The largest absolute Gasteiger partial charge is 0.462 e. The topological polar surface area (TPSA) is 77.5 Å². The summed E-state index contributed by atoms with van der Waals surface area (Å²) in [6.07, 6.45) is 0.684. The maximum absolute atomic E-state index is 11.9. The number of anilines is 1. The zero-order chi connectivity index (χ0) is 16.7. The Hall–Kier alpha value is -2.41. The van der Waals surface area contributed by atoms with Gasteiger partial charge in [-0.1, -0.05) is 30.3 Å². The highest BCUT2D eigenvalue weighted by atomic mass is 79.9. The number of aromatic nitrogens is 1. The van der Waals surface area contributed by atoms with Crippen molar-refractivity contribution < 1.29 is 19.1 Å². The summed E-state index contributed by atoms with van der Waals surface area (Å²) < 4.78 is 10.5. The Balaban J connectivity index is 2.04. The van der Waals surface area contributed by atoms with Crippen LogP contribution in [0.3, 0.4) is 0 Å². The highest BCUT2D eigenvalue weighted by Crippen LogP contribution is 2.20. The van der Waals surface area contributed by atoms with Gasteiger partial charge in [-0.2, -0.15) is 0 Å². The molecule has 2 rings (SSSR count). The summed E-state index contributed by atoms with van der Waals surface area (Å²) >= 11 is 3.18. The molecule has 23 heavy (non-hydrogen) atoms. The smallest absolute Gasteiger partial charge is 0.412 e. The van der Waals surface area contributed by atoms with Gasteiger partial charge in [0.2, 0.25) is 0 Å². The first-order valence-electron chi connectivity index (χ1n) is 6.90. The summed E-state index contributed by atoms with van der Waals surface area (Å²) in [4.78, 5) is 27.8. The third-order valence-electron chi connectivity index (χ3n) is 2.82. The lowest BCUT2D eigenvalue weighted by molar-refractivity contribution is 0.0527. The van der Waals surface area contributed by atoms with Gasteiger partial charge in [-0.3, -0.25) is 5.32 Å². The molecule has 2 aromatic rings. The second kappa shape index (κ2) is 8.28. The molecule has 0 radical (unpaired) electrons. The van der Waals surface area contributed by atoms with Crippen LogP contribution >= 0.6 is 15.9 Å². The Morgan fingerprint density at radius 1 is 1.22 bits per heavy atom. The minimum absolute atomic E-state index is 0.130. The van der Waals surface area contributed by atoms with Crippen LogP contribution in [-0.4, -0.2) is 23.7 Å². The number of amides is 1. The van der Waals surface area contributed by atoms with E-state index in [1.54, 1.807) is 6.92 Å². The molecule has 0 aliphatic heterocycles. The highest BCUT2D eigenvalue weighted by Gasteiger charge is 2.16. The van der Waals surface area contributed by atoms with Crippen molar-refractivity contribution in [1.82, 2.24) is 4.98 Å². The molecule has 1 aromatic heterocycles. The van der Waals surface area contributed by atoms with E-state index in [1.165, 1.54) is 12.3 Å². The van der Waals surface area contributed by atoms with E-state index in [2.05, 4.69) is 26.2 Å². The molecule has 1 N–H and O–H groups in total. The second-order valence-electron chi connectivity index (χ2n) is 4.46. The number of pyridine rings is 1. The molecule has 0 saturated heterocycles. The number of ether oxygens (including phenoxy) is 2. The number of halogens is 1. The third-order valence-corrected chi connectivity index (χ3v) is 3.25. The molecule has 0 saturated carbocycles. The van der Waals surface area contributed by atoms with Crippen LogP contribution in [0.5, 0.6) is 0 Å². The van der Waals surface area contributed by atoms with Crippen molar-refractivity contribution in [2.75, 3.05) is 11.9 Å². The SMILES string of the molecule is CCOC(=O)c1cc(Br)ncc1NC(=O)OCc1ccccc1. The van der Waals surface area contributed by atoms with Gasteiger partial charge in [0, 0.05) is 0 Å². The second-order valence-corrected chi connectivity index (χ2v) is 5.27. The predicted molar refractivity (Wildman–Crippen MR) is 88.1 cm³/mol. The fourth-order valence-corrected chi connectivity index (χ4v) is 2.11. The average molecular weight is 379 g/mol. The molecule has 0 atom stereocenters. The molecule has 0 unspecified atom stereocenters. The summed E-state index contributed by atoms with van der Waals surface area (Å²) in [6, 6.07) is 10.8. The maximum Gasteiger partial charge on any atom is 0.412 e. The van der Waals surface area contributed by atoms with Gasteiger partial charge in [0.05, 0.1) is 24.1 Å². The molecule has 7 heteroatoms. The molecule has 1 heterocycles. The number of hydrogen-bond donors (Lipinski definition) is 1. The van der Waals surface area contributed by atoms with Gasteiger partial charge in [0.1, 0.15) is 11.2 Å². The molecule has 0 fully saturated rings. The number of carbonyl (C=O) groups excluding carboxylic acids is 2. The van der Waals surface area contributed by atoms with Crippen LogP contribution in [-0.2, 0) is 16.1 Å². The maximum atomic E-state index is 11.9. The lowest BCUT2D eigenvalue weighted by Gasteiger charge is -2.11. The van der Waals surface area contributed by atoms with Gasteiger partial charge in [-0.05, 0) is 34.5 Å². The molecule has 0 bridgehead atoms. The number of nitrogens with one attached hydrogen (secondary N) is 1. The highest BCUT2D eigenvalue weighted by molar-refractivity contribution is 9.10. The summed E-state index contributed by atoms with van der Waals surface area (Å²) in [5, 5.41) is 2.50. The first kappa shape index (κ1) is 17.0. The molecule has 1 aromatic carbocycles. The monoisotopic (exact) mass is 378 g/mol. The van der Waals surface area contributed by atoms with Crippen LogP contribution in [0.4, 0.5) is 10.5 Å². The Morgan fingerprint density at radius 2 is 1.96 bits per heavy atom. The summed E-state index contributed by atoms with van der Waals surface area (Å²) in [5.41, 5.74) is 1.29. The van der Waals surface area contributed by atoms with Gasteiger partial charge >= 0.3 is 12.1 Å². The molecular weight excluding hydrogens is 364 g/mol. The number of esters is 1. The minimum atomic E-state index is -0.677. The number of carbonyl (C=O) groups is 2. The normalized spacial score (nSPS) is 10.0. The van der Waals surface area contributed by atoms with E-state index in [0.29, 0.717) is 4.60 Å². The zero-order valence-electron chi connectivity index (χ0n) is 12.4. The van der Waals surface area contributed by atoms with Crippen LogP contribution in [0.25, 0.3) is 0 Å². The Kier molecular flexibility index (Phi) is 6.10. The van der Waals surface area contributed by atoms with Crippen molar-refractivity contribution in [2.45, 2.75) is 13.5 Å².